The summed E-state index contributed by atoms with van der Waals surface area (Å²) in [5, 5.41) is 0. The van der Waals surface area contributed by atoms with Gasteiger partial charge in [-0.3, -0.25) is 0 Å². The SMILES string of the molecule is CC1C(Br)CCC1c1cccc(OC(F)(F)F)c1. The summed E-state index contributed by atoms with van der Waals surface area (Å²) in [7, 11) is 0. The average molecular weight is 323 g/mol. The van der Waals surface area contributed by atoms with Crippen LogP contribution in [0.25, 0.3) is 0 Å². The molecule has 5 heteroatoms. The molecule has 0 N–H and O–H groups in total. The molecule has 0 aromatic heterocycles. The van der Waals surface area contributed by atoms with E-state index in [0.717, 1.165) is 18.4 Å². The Hall–Kier alpha value is -0.710. The molecule has 1 saturated carbocycles. The van der Waals surface area contributed by atoms with Crippen molar-refractivity contribution in [3.8, 4) is 5.75 Å². The molecule has 100 valence electrons. The number of benzene rings is 1. The molecule has 0 aliphatic heterocycles. The normalized spacial score (nSPS) is 28.4. The summed E-state index contributed by atoms with van der Waals surface area (Å²) < 4.78 is 40.4. The lowest BCUT2D eigenvalue weighted by Crippen LogP contribution is -2.17. The van der Waals surface area contributed by atoms with Crippen molar-refractivity contribution in [3.05, 3.63) is 29.8 Å². The molecular weight excluding hydrogens is 309 g/mol. The molecule has 1 aliphatic carbocycles. The fraction of sp³-hybridized carbons (Fsp3) is 0.538. The molecule has 0 bridgehead atoms. The number of alkyl halides is 4. The van der Waals surface area contributed by atoms with Gasteiger partial charge in [0.05, 0.1) is 0 Å². The highest BCUT2D eigenvalue weighted by Gasteiger charge is 2.34. The summed E-state index contributed by atoms with van der Waals surface area (Å²) in [6.07, 6.45) is -2.58. The Labute approximate surface area is 112 Å². The Morgan fingerprint density at radius 1 is 1.28 bits per heavy atom. The summed E-state index contributed by atoms with van der Waals surface area (Å²) in [5.41, 5.74) is 0.922. The molecule has 0 heterocycles. The number of hydrogen-bond acceptors (Lipinski definition) is 1. The Morgan fingerprint density at radius 2 is 2.00 bits per heavy atom. The maximum absolute atomic E-state index is 12.2. The zero-order valence-electron chi connectivity index (χ0n) is 9.88. The Balaban J connectivity index is 2.17. The van der Waals surface area contributed by atoms with Crippen LogP contribution in [0.2, 0.25) is 0 Å². The van der Waals surface area contributed by atoms with Crippen molar-refractivity contribution in [2.75, 3.05) is 0 Å². The summed E-state index contributed by atoms with van der Waals surface area (Å²) in [5.74, 6) is 0.586. The second-order valence-electron chi connectivity index (χ2n) is 4.68. The summed E-state index contributed by atoms with van der Waals surface area (Å²) in [4.78, 5) is 0.440. The Morgan fingerprint density at radius 3 is 2.56 bits per heavy atom. The first kappa shape index (κ1) is 13.7. The first-order valence-electron chi connectivity index (χ1n) is 5.86. The third-order valence-electron chi connectivity index (χ3n) is 3.48. The molecule has 1 nitrogen and oxygen atoms in total. The van der Waals surface area contributed by atoms with E-state index < -0.39 is 6.36 Å². The van der Waals surface area contributed by atoms with Gasteiger partial charge in [-0.25, -0.2) is 0 Å². The van der Waals surface area contributed by atoms with Crippen LogP contribution in [-0.4, -0.2) is 11.2 Å². The van der Waals surface area contributed by atoms with Crippen molar-refractivity contribution in [1.29, 1.82) is 0 Å². The van der Waals surface area contributed by atoms with Gasteiger partial charge in [0.2, 0.25) is 0 Å². The molecule has 0 amide bonds. The molecule has 18 heavy (non-hydrogen) atoms. The summed E-state index contributed by atoms with van der Waals surface area (Å²) in [6, 6.07) is 6.32. The van der Waals surface area contributed by atoms with Gasteiger partial charge in [-0.05, 0) is 42.4 Å². The first-order chi connectivity index (χ1) is 8.37. The third-order valence-corrected chi connectivity index (χ3v) is 4.77. The minimum Gasteiger partial charge on any atom is -0.406 e. The summed E-state index contributed by atoms with van der Waals surface area (Å²) >= 11 is 3.60. The van der Waals surface area contributed by atoms with Crippen molar-refractivity contribution in [1.82, 2.24) is 0 Å². The minimum absolute atomic E-state index is 0.134. The van der Waals surface area contributed by atoms with E-state index in [9.17, 15) is 13.2 Å². The number of hydrogen-bond donors (Lipinski definition) is 0. The fourth-order valence-electron chi connectivity index (χ4n) is 2.53. The van der Waals surface area contributed by atoms with E-state index in [-0.39, 0.29) is 5.75 Å². The molecule has 0 radical (unpaired) electrons. The topological polar surface area (TPSA) is 9.23 Å². The van der Waals surface area contributed by atoms with Crippen LogP contribution in [-0.2, 0) is 0 Å². The van der Waals surface area contributed by atoms with Crippen LogP contribution in [0.1, 0.15) is 31.2 Å². The second kappa shape index (κ2) is 5.11. The Bertz CT molecular complexity index is 419. The van der Waals surface area contributed by atoms with Crippen LogP contribution in [0.4, 0.5) is 13.2 Å². The van der Waals surface area contributed by atoms with Crippen LogP contribution in [0.3, 0.4) is 0 Å². The van der Waals surface area contributed by atoms with E-state index in [2.05, 4.69) is 27.6 Å². The molecule has 3 atom stereocenters. The van der Waals surface area contributed by atoms with Crippen LogP contribution < -0.4 is 4.74 Å². The van der Waals surface area contributed by atoms with E-state index in [4.69, 9.17) is 0 Å². The maximum atomic E-state index is 12.2. The zero-order chi connectivity index (χ0) is 13.3. The lowest BCUT2D eigenvalue weighted by Gasteiger charge is -2.18. The predicted molar refractivity (Wildman–Crippen MR) is 67.0 cm³/mol. The van der Waals surface area contributed by atoms with E-state index in [1.807, 2.05) is 6.07 Å². The molecule has 3 unspecified atom stereocenters. The van der Waals surface area contributed by atoms with Gasteiger partial charge >= 0.3 is 6.36 Å². The molecular formula is C13H14BrF3O. The van der Waals surface area contributed by atoms with E-state index in [1.165, 1.54) is 12.1 Å². The number of rotatable bonds is 2. The van der Waals surface area contributed by atoms with Crippen LogP contribution in [0, 0.1) is 5.92 Å². The van der Waals surface area contributed by atoms with Gasteiger partial charge in [0, 0.05) is 4.83 Å². The van der Waals surface area contributed by atoms with Gasteiger partial charge in [-0.2, -0.15) is 0 Å². The monoisotopic (exact) mass is 322 g/mol. The van der Waals surface area contributed by atoms with Crippen LogP contribution in [0.15, 0.2) is 24.3 Å². The van der Waals surface area contributed by atoms with E-state index in [0.29, 0.717) is 16.7 Å². The van der Waals surface area contributed by atoms with Crippen molar-refractivity contribution >= 4 is 15.9 Å². The van der Waals surface area contributed by atoms with E-state index in [1.54, 1.807) is 6.07 Å². The molecule has 1 aromatic rings. The Kier molecular flexibility index (Phi) is 3.90. The van der Waals surface area contributed by atoms with Crippen molar-refractivity contribution < 1.29 is 17.9 Å². The van der Waals surface area contributed by atoms with Gasteiger partial charge < -0.3 is 4.74 Å². The largest absolute Gasteiger partial charge is 0.573 e. The van der Waals surface area contributed by atoms with Gasteiger partial charge in [0.25, 0.3) is 0 Å². The van der Waals surface area contributed by atoms with Crippen molar-refractivity contribution in [2.24, 2.45) is 5.92 Å². The molecule has 2 rings (SSSR count). The number of ether oxygens (including phenoxy) is 1. The third kappa shape index (κ3) is 3.19. The lowest BCUT2D eigenvalue weighted by molar-refractivity contribution is -0.274. The van der Waals surface area contributed by atoms with Crippen molar-refractivity contribution in [2.45, 2.75) is 36.9 Å². The molecule has 1 fully saturated rings. The molecule has 0 spiro atoms. The van der Waals surface area contributed by atoms with Gasteiger partial charge in [-0.15, -0.1) is 13.2 Å². The first-order valence-corrected chi connectivity index (χ1v) is 6.78. The highest BCUT2D eigenvalue weighted by molar-refractivity contribution is 9.09. The summed E-state index contributed by atoms with van der Waals surface area (Å²) in [6.45, 7) is 2.12. The molecule has 1 aliphatic rings. The predicted octanol–water partition coefficient (Wildman–Crippen LogP) is 4.86. The second-order valence-corrected chi connectivity index (χ2v) is 5.86. The van der Waals surface area contributed by atoms with Crippen LogP contribution >= 0.6 is 15.9 Å². The zero-order valence-corrected chi connectivity index (χ0v) is 11.5. The highest BCUT2D eigenvalue weighted by Crippen LogP contribution is 2.43. The van der Waals surface area contributed by atoms with Gasteiger partial charge in [0.15, 0.2) is 0 Å². The fourth-order valence-corrected chi connectivity index (χ4v) is 3.16. The van der Waals surface area contributed by atoms with Gasteiger partial charge in [0.1, 0.15) is 5.75 Å². The highest BCUT2D eigenvalue weighted by atomic mass is 79.9. The standard InChI is InChI=1S/C13H14BrF3O/c1-8-11(5-6-12(8)14)9-3-2-4-10(7-9)18-13(15,16)17/h2-4,7-8,11-12H,5-6H2,1H3. The maximum Gasteiger partial charge on any atom is 0.573 e. The molecule has 0 saturated heterocycles. The minimum atomic E-state index is -4.63. The van der Waals surface area contributed by atoms with E-state index >= 15 is 0 Å². The van der Waals surface area contributed by atoms with Crippen molar-refractivity contribution in [3.63, 3.8) is 0 Å². The lowest BCUT2D eigenvalue weighted by atomic mass is 9.90. The smallest absolute Gasteiger partial charge is 0.406 e. The number of halogens is 4. The van der Waals surface area contributed by atoms with Gasteiger partial charge in [-0.1, -0.05) is 35.0 Å². The molecule has 1 aromatic carbocycles. The average Bonchev–Trinajstić information content (AvgIpc) is 2.58. The van der Waals surface area contributed by atoms with Crippen LogP contribution in [0.5, 0.6) is 5.75 Å². The quantitative estimate of drug-likeness (QED) is 0.706.